The number of hydrogen-bond acceptors (Lipinski definition) is 3. The summed E-state index contributed by atoms with van der Waals surface area (Å²) in [6.07, 6.45) is 3.70. The molecular formula is C10H10ClN3S. The van der Waals surface area contributed by atoms with Gasteiger partial charge >= 0.3 is 0 Å². The minimum absolute atomic E-state index is 0.519. The van der Waals surface area contributed by atoms with Gasteiger partial charge in [-0.15, -0.1) is 0 Å². The van der Waals surface area contributed by atoms with Gasteiger partial charge in [-0.3, -0.25) is 10.3 Å². The molecule has 0 spiro atoms. The molecule has 0 unspecified atom stereocenters. The monoisotopic (exact) mass is 239 g/mol. The predicted octanol–water partition coefficient (Wildman–Crippen LogP) is 2.63. The van der Waals surface area contributed by atoms with Crippen LogP contribution in [0.4, 0.5) is 0 Å². The van der Waals surface area contributed by atoms with E-state index in [0.29, 0.717) is 16.7 Å². The number of aliphatic imine (C=N–C) groups is 1. The van der Waals surface area contributed by atoms with Crippen molar-refractivity contribution in [2.45, 2.75) is 6.54 Å². The van der Waals surface area contributed by atoms with Crippen LogP contribution in [0, 0.1) is 11.5 Å². The fraction of sp³-hybridized carbons (Fsp3) is 0.200. The van der Waals surface area contributed by atoms with Crippen LogP contribution in [0.1, 0.15) is 5.56 Å². The molecule has 0 fully saturated rings. The van der Waals surface area contributed by atoms with Gasteiger partial charge in [0.2, 0.25) is 0 Å². The topological polar surface area (TPSA) is 48.2 Å². The third-order valence-corrected chi connectivity index (χ3v) is 2.50. The van der Waals surface area contributed by atoms with E-state index in [1.165, 1.54) is 11.8 Å². The van der Waals surface area contributed by atoms with Crippen molar-refractivity contribution in [2.24, 2.45) is 4.99 Å². The van der Waals surface area contributed by atoms with Crippen LogP contribution in [0.3, 0.4) is 0 Å². The van der Waals surface area contributed by atoms with Crippen LogP contribution in [0.2, 0.25) is 5.02 Å². The molecule has 0 amide bonds. The van der Waals surface area contributed by atoms with Gasteiger partial charge in [0.1, 0.15) is 0 Å². The molecular weight excluding hydrogens is 230 g/mol. The summed E-state index contributed by atoms with van der Waals surface area (Å²) in [6, 6.07) is 7.50. The molecule has 0 saturated heterocycles. The first-order valence-corrected chi connectivity index (χ1v) is 5.84. The van der Waals surface area contributed by atoms with Gasteiger partial charge in [0.15, 0.2) is 11.4 Å². The Labute approximate surface area is 98.2 Å². The summed E-state index contributed by atoms with van der Waals surface area (Å²) in [4.78, 5) is 4.23. The second-order valence-corrected chi connectivity index (χ2v) is 3.92. The van der Waals surface area contributed by atoms with Crippen LogP contribution in [0.5, 0.6) is 0 Å². The Hall–Kier alpha value is -1.18. The van der Waals surface area contributed by atoms with Crippen LogP contribution in [0.15, 0.2) is 29.3 Å². The first-order valence-electron chi connectivity index (χ1n) is 4.24. The van der Waals surface area contributed by atoms with Crippen LogP contribution >= 0.6 is 23.4 Å². The molecule has 5 heteroatoms. The highest BCUT2D eigenvalue weighted by molar-refractivity contribution is 8.13. The number of thioether (sulfide) groups is 1. The van der Waals surface area contributed by atoms with Crippen molar-refractivity contribution in [3.05, 3.63) is 34.9 Å². The third kappa shape index (κ3) is 4.24. The number of nitrogens with one attached hydrogen (secondary N) is 1. The fourth-order valence-electron chi connectivity index (χ4n) is 1.00. The largest absolute Gasteiger partial charge is 0.272 e. The second kappa shape index (κ2) is 6.33. The van der Waals surface area contributed by atoms with Crippen LogP contribution in [-0.2, 0) is 6.54 Å². The Morgan fingerprint density at radius 3 is 3.07 bits per heavy atom. The summed E-state index contributed by atoms with van der Waals surface area (Å²) in [5.41, 5.74) is 1.02. The number of hydrogen-bond donors (Lipinski definition) is 1. The van der Waals surface area contributed by atoms with E-state index in [-0.39, 0.29) is 0 Å². The Balaban J connectivity index is 2.66. The van der Waals surface area contributed by atoms with E-state index >= 15 is 0 Å². The maximum atomic E-state index is 8.43. The molecule has 0 saturated carbocycles. The van der Waals surface area contributed by atoms with Crippen molar-refractivity contribution in [3.8, 4) is 6.19 Å². The maximum absolute atomic E-state index is 8.43. The highest BCUT2D eigenvalue weighted by Crippen LogP contribution is 2.11. The van der Waals surface area contributed by atoms with Gasteiger partial charge in [-0.25, -0.2) is 0 Å². The van der Waals surface area contributed by atoms with E-state index in [1.807, 2.05) is 36.7 Å². The van der Waals surface area contributed by atoms with E-state index in [2.05, 4.69) is 10.3 Å². The average Bonchev–Trinajstić information content (AvgIpc) is 2.24. The molecule has 0 aliphatic heterocycles. The molecule has 15 heavy (non-hydrogen) atoms. The minimum atomic E-state index is 0.519. The summed E-state index contributed by atoms with van der Waals surface area (Å²) in [5.74, 6) is 0. The molecule has 0 aromatic heterocycles. The van der Waals surface area contributed by atoms with E-state index in [1.54, 1.807) is 0 Å². The van der Waals surface area contributed by atoms with Gasteiger partial charge in [-0.05, 0) is 24.0 Å². The van der Waals surface area contributed by atoms with Crippen LogP contribution in [-0.4, -0.2) is 11.4 Å². The molecule has 1 aromatic rings. The first-order chi connectivity index (χ1) is 7.26. The molecule has 1 aromatic carbocycles. The number of amidine groups is 1. The zero-order chi connectivity index (χ0) is 11.1. The van der Waals surface area contributed by atoms with E-state index in [4.69, 9.17) is 16.9 Å². The molecule has 0 heterocycles. The molecule has 0 bridgehead atoms. The number of benzene rings is 1. The van der Waals surface area contributed by atoms with Crippen molar-refractivity contribution in [1.29, 1.82) is 5.26 Å². The molecule has 1 N–H and O–H groups in total. The highest BCUT2D eigenvalue weighted by Gasteiger charge is 1.96. The minimum Gasteiger partial charge on any atom is -0.272 e. The normalized spacial score (nSPS) is 10.9. The number of nitrogens with zero attached hydrogens (tertiary/aromatic N) is 2. The molecule has 0 aliphatic rings. The summed E-state index contributed by atoms with van der Waals surface area (Å²) in [6.45, 7) is 0.519. The lowest BCUT2D eigenvalue weighted by Gasteiger charge is -2.00. The first kappa shape index (κ1) is 11.9. The summed E-state index contributed by atoms with van der Waals surface area (Å²) < 4.78 is 0. The van der Waals surface area contributed by atoms with Crippen LogP contribution < -0.4 is 5.32 Å². The summed E-state index contributed by atoms with van der Waals surface area (Å²) in [5, 5.41) is 12.2. The smallest absolute Gasteiger partial charge is 0.183 e. The maximum Gasteiger partial charge on any atom is 0.183 e. The van der Waals surface area contributed by atoms with Crippen molar-refractivity contribution in [1.82, 2.24) is 5.32 Å². The van der Waals surface area contributed by atoms with Gasteiger partial charge < -0.3 is 0 Å². The SMILES string of the molecule is CSC(=NCc1cccc(Cl)c1)NC#N. The lowest BCUT2D eigenvalue weighted by atomic mass is 10.2. The third-order valence-electron chi connectivity index (χ3n) is 1.65. The molecule has 0 radical (unpaired) electrons. The number of rotatable bonds is 2. The van der Waals surface area contributed by atoms with E-state index < -0.39 is 0 Å². The molecule has 0 atom stereocenters. The molecule has 0 aliphatic carbocycles. The Bertz CT molecular complexity index is 398. The van der Waals surface area contributed by atoms with Gasteiger partial charge in [-0.2, -0.15) is 5.26 Å². The average molecular weight is 240 g/mol. The lowest BCUT2D eigenvalue weighted by Crippen LogP contribution is -2.13. The molecule has 3 nitrogen and oxygen atoms in total. The van der Waals surface area contributed by atoms with Gasteiger partial charge in [0, 0.05) is 5.02 Å². The van der Waals surface area contributed by atoms with E-state index in [9.17, 15) is 0 Å². The Morgan fingerprint density at radius 2 is 2.47 bits per heavy atom. The van der Waals surface area contributed by atoms with Crippen molar-refractivity contribution >= 4 is 28.5 Å². The summed E-state index contributed by atoms with van der Waals surface area (Å²) >= 11 is 7.23. The summed E-state index contributed by atoms with van der Waals surface area (Å²) in [7, 11) is 0. The van der Waals surface area contributed by atoms with Crippen molar-refractivity contribution in [3.63, 3.8) is 0 Å². The Kier molecular flexibility index (Phi) is 5.02. The van der Waals surface area contributed by atoms with Crippen LogP contribution in [0.25, 0.3) is 0 Å². The van der Waals surface area contributed by atoms with Gasteiger partial charge in [0.25, 0.3) is 0 Å². The zero-order valence-electron chi connectivity index (χ0n) is 8.20. The van der Waals surface area contributed by atoms with Crippen molar-refractivity contribution in [2.75, 3.05) is 6.26 Å². The quantitative estimate of drug-likeness (QED) is 0.374. The second-order valence-electron chi connectivity index (χ2n) is 2.69. The Morgan fingerprint density at radius 1 is 1.67 bits per heavy atom. The molecule has 78 valence electrons. The number of nitriles is 1. The van der Waals surface area contributed by atoms with Gasteiger partial charge in [-0.1, -0.05) is 35.5 Å². The number of halogens is 1. The zero-order valence-corrected chi connectivity index (χ0v) is 9.77. The lowest BCUT2D eigenvalue weighted by molar-refractivity contribution is 1.06. The standard InChI is InChI=1S/C10H10ClN3S/c1-15-10(14-7-12)13-6-8-3-2-4-9(11)5-8/h2-5H,6H2,1H3,(H,13,14). The van der Waals surface area contributed by atoms with E-state index in [0.717, 1.165) is 5.56 Å². The van der Waals surface area contributed by atoms with Crippen molar-refractivity contribution < 1.29 is 0 Å². The fourth-order valence-corrected chi connectivity index (χ4v) is 1.56. The molecule has 1 rings (SSSR count). The predicted molar refractivity (Wildman–Crippen MR) is 64.9 cm³/mol. The van der Waals surface area contributed by atoms with Gasteiger partial charge in [0.05, 0.1) is 6.54 Å². The highest BCUT2D eigenvalue weighted by atomic mass is 35.5.